The molecule has 8 nitrogen and oxygen atoms in total. The largest absolute Gasteiger partial charge is 0.331 e. The smallest absolute Gasteiger partial charge is 0.261 e. The lowest BCUT2D eigenvalue weighted by atomic mass is 10.1. The minimum absolute atomic E-state index is 0.0744. The quantitative estimate of drug-likeness (QED) is 0.834. The molecule has 0 radical (unpaired) electrons. The summed E-state index contributed by atoms with van der Waals surface area (Å²) < 4.78 is 27.3. The number of amidine groups is 1. The Labute approximate surface area is 160 Å². The molecule has 4 rings (SSSR count). The molecule has 0 fully saturated rings. The number of rotatable bonds is 4. The second-order valence-electron chi connectivity index (χ2n) is 5.93. The van der Waals surface area contributed by atoms with Crippen LogP contribution in [0.3, 0.4) is 0 Å². The standard InChI is InChI=1S/C17H15N5O3S2/c23-16(13-7-4-8-22-9-10-27(24,25)21-15(13)22)18-17-20-19-14(26-17)11-12-5-2-1-3-6-12/h1-8H,9-11H2,(H,18,20,23). The van der Waals surface area contributed by atoms with Gasteiger partial charge in [0.05, 0.1) is 11.3 Å². The normalized spacial score (nSPS) is 17.7. The van der Waals surface area contributed by atoms with Gasteiger partial charge in [0, 0.05) is 19.2 Å². The van der Waals surface area contributed by atoms with E-state index in [-0.39, 0.29) is 23.7 Å². The van der Waals surface area contributed by atoms with Gasteiger partial charge >= 0.3 is 0 Å². The van der Waals surface area contributed by atoms with Crippen LogP contribution in [0, 0.1) is 0 Å². The molecule has 0 bridgehead atoms. The van der Waals surface area contributed by atoms with Crippen LogP contribution in [0.25, 0.3) is 0 Å². The van der Waals surface area contributed by atoms with Crippen LogP contribution in [0.15, 0.2) is 58.7 Å². The lowest BCUT2D eigenvalue weighted by molar-refractivity contribution is -0.112. The number of allylic oxidation sites excluding steroid dienone is 2. The summed E-state index contributed by atoms with van der Waals surface area (Å²) in [5.41, 5.74) is 1.28. The topological polar surface area (TPSA) is 105 Å². The van der Waals surface area contributed by atoms with E-state index >= 15 is 0 Å². The van der Waals surface area contributed by atoms with Crippen molar-refractivity contribution >= 4 is 38.2 Å². The fourth-order valence-corrected chi connectivity index (χ4v) is 4.46. The van der Waals surface area contributed by atoms with Gasteiger partial charge in [-0.15, -0.1) is 14.6 Å². The van der Waals surface area contributed by atoms with Crippen LogP contribution < -0.4 is 5.32 Å². The van der Waals surface area contributed by atoms with E-state index in [0.29, 0.717) is 11.6 Å². The second kappa shape index (κ2) is 7.05. The maximum absolute atomic E-state index is 12.6. The Kier molecular flexibility index (Phi) is 4.58. The average Bonchev–Trinajstić information content (AvgIpc) is 3.08. The summed E-state index contributed by atoms with van der Waals surface area (Å²) >= 11 is 1.28. The highest BCUT2D eigenvalue weighted by atomic mass is 32.2. The van der Waals surface area contributed by atoms with Gasteiger partial charge in [0.25, 0.3) is 15.9 Å². The van der Waals surface area contributed by atoms with Crippen LogP contribution in [0.4, 0.5) is 5.13 Å². The SMILES string of the molecule is O=C(Nc1nnc(Cc2ccccc2)s1)C1=CC=CN2CCS(=O)(=O)N=C12. The fraction of sp³-hybridized carbons (Fsp3) is 0.176. The Morgan fingerprint density at radius 3 is 2.85 bits per heavy atom. The zero-order valence-corrected chi connectivity index (χ0v) is 15.7. The maximum atomic E-state index is 12.6. The van der Waals surface area contributed by atoms with Crippen LogP contribution in [0.1, 0.15) is 10.6 Å². The third kappa shape index (κ3) is 3.96. The molecule has 138 valence electrons. The Balaban J connectivity index is 1.50. The zero-order valence-electron chi connectivity index (χ0n) is 14.1. The van der Waals surface area contributed by atoms with Crippen LogP contribution in [-0.2, 0) is 21.2 Å². The molecule has 10 heteroatoms. The minimum Gasteiger partial charge on any atom is -0.331 e. The van der Waals surface area contributed by atoms with Crippen molar-refractivity contribution in [1.29, 1.82) is 0 Å². The van der Waals surface area contributed by atoms with Crippen molar-refractivity contribution in [3.8, 4) is 0 Å². The Bertz CT molecular complexity index is 1070. The Morgan fingerprint density at radius 2 is 2.04 bits per heavy atom. The van der Waals surface area contributed by atoms with Gasteiger partial charge in [-0.1, -0.05) is 41.7 Å². The van der Waals surface area contributed by atoms with Gasteiger partial charge in [-0.2, -0.15) is 0 Å². The molecule has 0 unspecified atom stereocenters. The first-order chi connectivity index (χ1) is 13.0. The third-order valence-corrected chi connectivity index (χ3v) is 5.98. The Hall–Kier alpha value is -2.85. The molecule has 1 amide bonds. The van der Waals surface area contributed by atoms with Gasteiger partial charge < -0.3 is 4.90 Å². The summed E-state index contributed by atoms with van der Waals surface area (Å²) in [5.74, 6) is -0.410. The van der Waals surface area contributed by atoms with E-state index in [2.05, 4.69) is 19.9 Å². The summed E-state index contributed by atoms with van der Waals surface area (Å²) in [6.45, 7) is 0.266. The number of carbonyl (C=O) groups excluding carboxylic acids is 1. The molecule has 2 aromatic rings. The number of benzene rings is 1. The van der Waals surface area contributed by atoms with Crippen LogP contribution in [0.5, 0.6) is 0 Å². The van der Waals surface area contributed by atoms with E-state index in [9.17, 15) is 13.2 Å². The number of sulfonamides is 1. The van der Waals surface area contributed by atoms with Gasteiger partial charge in [-0.3, -0.25) is 10.1 Å². The highest BCUT2D eigenvalue weighted by Gasteiger charge is 2.30. The molecule has 2 aliphatic heterocycles. The first-order valence-electron chi connectivity index (χ1n) is 8.16. The number of nitrogens with one attached hydrogen (secondary N) is 1. The number of aromatic nitrogens is 2. The number of nitrogens with zero attached hydrogens (tertiary/aromatic N) is 4. The molecular weight excluding hydrogens is 386 g/mol. The summed E-state index contributed by atoms with van der Waals surface area (Å²) in [4.78, 5) is 14.3. The minimum atomic E-state index is -3.56. The van der Waals surface area contributed by atoms with Crippen molar-refractivity contribution in [3.63, 3.8) is 0 Å². The highest BCUT2D eigenvalue weighted by Crippen LogP contribution is 2.22. The molecule has 0 saturated carbocycles. The Morgan fingerprint density at radius 1 is 1.22 bits per heavy atom. The number of fused-ring (bicyclic) bond motifs is 1. The summed E-state index contributed by atoms with van der Waals surface area (Å²) in [6, 6.07) is 9.84. The molecular formula is C17H15N5O3S2. The first-order valence-corrected chi connectivity index (χ1v) is 10.6. The van der Waals surface area contributed by atoms with Crippen LogP contribution >= 0.6 is 11.3 Å². The van der Waals surface area contributed by atoms with Crippen molar-refractivity contribution in [2.45, 2.75) is 6.42 Å². The molecule has 0 aliphatic carbocycles. The number of carbonyl (C=O) groups is 1. The van der Waals surface area contributed by atoms with E-state index in [1.165, 1.54) is 17.4 Å². The van der Waals surface area contributed by atoms with Gasteiger partial charge in [-0.25, -0.2) is 8.42 Å². The van der Waals surface area contributed by atoms with Gasteiger partial charge in [0.2, 0.25) is 5.13 Å². The van der Waals surface area contributed by atoms with Gasteiger partial charge in [0.15, 0.2) is 5.84 Å². The van der Waals surface area contributed by atoms with E-state index in [0.717, 1.165) is 10.6 Å². The first kappa shape index (κ1) is 17.6. The molecule has 0 saturated heterocycles. The molecule has 1 N–H and O–H groups in total. The molecule has 2 aliphatic rings. The molecule has 1 aromatic carbocycles. The average molecular weight is 401 g/mol. The second-order valence-corrected chi connectivity index (χ2v) is 8.75. The fourth-order valence-electron chi connectivity index (χ4n) is 2.70. The molecule has 0 spiro atoms. The monoisotopic (exact) mass is 401 g/mol. The maximum Gasteiger partial charge on any atom is 0.261 e. The zero-order chi connectivity index (χ0) is 18.9. The molecule has 1 aromatic heterocycles. The lowest BCUT2D eigenvalue weighted by Gasteiger charge is -2.28. The number of hydrogen-bond donors (Lipinski definition) is 1. The van der Waals surface area contributed by atoms with E-state index in [4.69, 9.17) is 0 Å². The number of anilines is 1. The van der Waals surface area contributed by atoms with E-state index < -0.39 is 15.9 Å². The summed E-state index contributed by atoms with van der Waals surface area (Å²) in [7, 11) is -3.56. The van der Waals surface area contributed by atoms with Crippen molar-refractivity contribution in [2.75, 3.05) is 17.6 Å². The summed E-state index contributed by atoms with van der Waals surface area (Å²) in [6.07, 6.45) is 5.55. The number of hydrogen-bond acceptors (Lipinski definition) is 7. The molecule has 0 atom stereocenters. The molecule has 3 heterocycles. The van der Waals surface area contributed by atoms with E-state index in [1.54, 1.807) is 17.2 Å². The van der Waals surface area contributed by atoms with E-state index in [1.807, 2.05) is 30.3 Å². The predicted molar refractivity (Wildman–Crippen MR) is 103 cm³/mol. The predicted octanol–water partition coefficient (Wildman–Crippen LogP) is 1.56. The van der Waals surface area contributed by atoms with Crippen molar-refractivity contribution in [2.24, 2.45) is 4.40 Å². The number of amides is 1. The van der Waals surface area contributed by atoms with Crippen LogP contribution in [-0.4, -0.2) is 47.6 Å². The lowest BCUT2D eigenvalue weighted by Crippen LogP contribution is -2.40. The van der Waals surface area contributed by atoms with Gasteiger partial charge in [0.1, 0.15) is 5.01 Å². The highest BCUT2D eigenvalue weighted by molar-refractivity contribution is 7.90. The molecule has 27 heavy (non-hydrogen) atoms. The van der Waals surface area contributed by atoms with Crippen molar-refractivity contribution < 1.29 is 13.2 Å². The van der Waals surface area contributed by atoms with Crippen LogP contribution in [0.2, 0.25) is 0 Å². The van der Waals surface area contributed by atoms with Crippen molar-refractivity contribution in [3.05, 3.63) is 64.8 Å². The van der Waals surface area contributed by atoms with Gasteiger partial charge in [-0.05, 0) is 17.7 Å². The van der Waals surface area contributed by atoms with Crippen molar-refractivity contribution in [1.82, 2.24) is 15.1 Å². The summed E-state index contributed by atoms with van der Waals surface area (Å²) in [5, 5.41) is 11.9. The third-order valence-electron chi connectivity index (χ3n) is 3.99.